The molecule has 32 heavy (non-hydrogen) atoms. The average molecular weight is 432 g/mol. The molecule has 0 bridgehead atoms. The van der Waals surface area contributed by atoms with E-state index >= 15 is 0 Å². The summed E-state index contributed by atoms with van der Waals surface area (Å²) in [6.45, 7) is 5.45. The zero-order valence-electron chi connectivity index (χ0n) is 18.7. The highest BCUT2D eigenvalue weighted by molar-refractivity contribution is 5.65. The number of aryl methyl sites for hydroxylation is 2. The fourth-order valence-electron chi connectivity index (χ4n) is 3.85. The lowest BCUT2D eigenvalue weighted by atomic mass is 10.1. The summed E-state index contributed by atoms with van der Waals surface area (Å²) < 4.78 is 13.7. The van der Waals surface area contributed by atoms with E-state index in [1.807, 2.05) is 80.7 Å². The SMILES string of the molecule is Cc1cccc(Oc2c(CN(Cc3ccco3)C[C@@H](C)O)c(-c3ccccc3)nn2C)c1. The molecule has 0 saturated heterocycles. The number of aromatic nitrogens is 2. The van der Waals surface area contributed by atoms with Crippen molar-refractivity contribution in [2.75, 3.05) is 6.54 Å². The number of benzene rings is 2. The normalized spacial score (nSPS) is 12.3. The van der Waals surface area contributed by atoms with Gasteiger partial charge in [-0.25, -0.2) is 4.68 Å². The van der Waals surface area contributed by atoms with Gasteiger partial charge < -0.3 is 14.3 Å². The van der Waals surface area contributed by atoms with Gasteiger partial charge in [0.05, 0.1) is 24.5 Å². The Hall–Kier alpha value is -3.35. The standard InChI is InChI=1S/C26H29N3O3/c1-19-9-7-12-22(15-19)32-26-24(25(27-28(26)3)21-10-5-4-6-11-21)18-29(16-20(2)30)17-23-13-8-14-31-23/h4-15,20,30H,16-18H2,1-3H3/t20-/m1/s1. The Morgan fingerprint density at radius 2 is 1.88 bits per heavy atom. The second-order valence-corrected chi connectivity index (χ2v) is 8.14. The zero-order chi connectivity index (χ0) is 22.5. The Morgan fingerprint density at radius 1 is 1.06 bits per heavy atom. The predicted octanol–water partition coefficient (Wildman–Crippen LogP) is 5.16. The van der Waals surface area contributed by atoms with Crippen molar-refractivity contribution >= 4 is 0 Å². The number of rotatable bonds is 9. The Labute approximate surface area is 188 Å². The molecule has 2 heterocycles. The van der Waals surface area contributed by atoms with Gasteiger partial charge in [0.15, 0.2) is 0 Å². The quantitative estimate of drug-likeness (QED) is 0.396. The number of ether oxygens (including phenoxy) is 1. The lowest BCUT2D eigenvalue weighted by Gasteiger charge is -2.23. The molecule has 0 aliphatic heterocycles. The first-order valence-electron chi connectivity index (χ1n) is 10.8. The third-order valence-corrected chi connectivity index (χ3v) is 5.20. The number of nitrogens with zero attached hydrogens (tertiary/aromatic N) is 3. The van der Waals surface area contributed by atoms with Crippen molar-refractivity contribution in [1.29, 1.82) is 0 Å². The van der Waals surface area contributed by atoms with Crippen molar-refractivity contribution in [3.63, 3.8) is 0 Å². The molecule has 0 aliphatic carbocycles. The summed E-state index contributed by atoms with van der Waals surface area (Å²) in [4.78, 5) is 2.15. The van der Waals surface area contributed by atoms with E-state index in [1.54, 1.807) is 17.9 Å². The van der Waals surface area contributed by atoms with E-state index in [9.17, 15) is 5.11 Å². The monoisotopic (exact) mass is 431 g/mol. The van der Waals surface area contributed by atoms with Gasteiger partial charge in [-0.15, -0.1) is 0 Å². The smallest absolute Gasteiger partial charge is 0.222 e. The van der Waals surface area contributed by atoms with Crippen LogP contribution >= 0.6 is 0 Å². The maximum absolute atomic E-state index is 10.1. The molecule has 6 heteroatoms. The molecule has 1 N–H and O–H groups in total. The van der Waals surface area contributed by atoms with Gasteiger partial charge >= 0.3 is 0 Å². The summed E-state index contributed by atoms with van der Waals surface area (Å²) in [5.41, 5.74) is 3.98. The van der Waals surface area contributed by atoms with Crippen LogP contribution in [-0.4, -0.2) is 32.4 Å². The molecule has 0 spiro atoms. The Morgan fingerprint density at radius 3 is 2.56 bits per heavy atom. The number of furan rings is 1. The summed E-state index contributed by atoms with van der Waals surface area (Å²) >= 11 is 0. The van der Waals surface area contributed by atoms with E-state index in [0.29, 0.717) is 25.5 Å². The first kappa shape index (κ1) is 21.9. The average Bonchev–Trinajstić information content (AvgIpc) is 3.37. The first-order valence-corrected chi connectivity index (χ1v) is 10.8. The molecule has 0 fully saturated rings. The van der Waals surface area contributed by atoms with Crippen LogP contribution < -0.4 is 4.74 Å². The molecule has 0 saturated carbocycles. The van der Waals surface area contributed by atoms with E-state index < -0.39 is 6.10 Å². The van der Waals surface area contributed by atoms with Gasteiger partial charge in [-0.05, 0) is 43.7 Å². The van der Waals surface area contributed by atoms with Gasteiger partial charge in [-0.3, -0.25) is 4.90 Å². The van der Waals surface area contributed by atoms with Gasteiger partial charge in [0.25, 0.3) is 0 Å². The van der Waals surface area contributed by atoms with E-state index in [-0.39, 0.29) is 0 Å². The fourth-order valence-corrected chi connectivity index (χ4v) is 3.85. The van der Waals surface area contributed by atoms with Gasteiger partial charge in [0, 0.05) is 25.7 Å². The van der Waals surface area contributed by atoms with Crippen LogP contribution in [0.1, 0.15) is 23.8 Å². The van der Waals surface area contributed by atoms with Gasteiger partial charge in [0.2, 0.25) is 5.88 Å². The van der Waals surface area contributed by atoms with Crippen LogP contribution in [0.3, 0.4) is 0 Å². The minimum Gasteiger partial charge on any atom is -0.468 e. The molecule has 0 amide bonds. The largest absolute Gasteiger partial charge is 0.468 e. The van der Waals surface area contributed by atoms with Crippen LogP contribution in [0.25, 0.3) is 11.3 Å². The molecule has 6 nitrogen and oxygen atoms in total. The highest BCUT2D eigenvalue weighted by Gasteiger charge is 2.23. The van der Waals surface area contributed by atoms with Crippen molar-refractivity contribution in [2.45, 2.75) is 33.0 Å². The van der Waals surface area contributed by atoms with E-state index in [2.05, 4.69) is 4.90 Å². The molecule has 4 aromatic rings. The minimum atomic E-state index is -0.483. The second-order valence-electron chi connectivity index (χ2n) is 8.14. The van der Waals surface area contributed by atoms with Crippen LogP contribution in [0, 0.1) is 6.92 Å². The maximum Gasteiger partial charge on any atom is 0.222 e. The number of hydrogen-bond acceptors (Lipinski definition) is 5. The highest BCUT2D eigenvalue weighted by Crippen LogP contribution is 2.34. The van der Waals surface area contributed by atoms with Crippen molar-refractivity contribution in [1.82, 2.24) is 14.7 Å². The third-order valence-electron chi connectivity index (χ3n) is 5.20. The zero-order valence-corrected chi connectivity index (χ0v) is 18.7. The Bertz CT molecular complexity index is 1130. The van der Waals surface area contributed by atoms with E-state index in [4.69, 9.17) is 14.3 Å². The lowest BCUT2D eigenvalue weighted by molar-refractivity contribution is 0.113. The van der Waals surface area contributed by atoms with Gasteiger partial charge in [0.1, 0.15) is 17.2 Å². The van der Waals surface area contributed by atoms with Crippen LogP contribution in [0.5, 0.6) is 11.6 Å². The van der Waals surface area contributed by atoms with Gasteiger partial charge in [-0.2, -0.15) is 5.10 Å². The lowest BCUT2D eigenvalue weighted by Crippen LogP contribution is -2.30. The third kappa shape index (κ3) is 5.28. The first-order chi connectivity index (χ1) is 15.5. The fraction of sp³-hybridized carbons (Fsp3) is 0.269. The Kier molecular flexibility index (Phi) is 6.73. The van der Waals surface area contributed by atoms with Crippen LogP contribution in [-0.2, 0) is 20.1 Å². The maximum atomic E-state index is 10.1. The molecular formula is C26H29N3O3. The summed E-state index contributed by atoms with van der Waals surface area (Å²) in [6, 6.07) is 21.9. The number of aliphatic hydroxyl groups excluding tert-OH is 1. The molecule has 1 atom stereocenters. The molecule has 0 radical (unpaired) electrons. The van der Waals surface area contributed by atoms with E-state index in [0.717, 1.165) is 33.9 Å². The number of hydrogen-bond donors (Lipinski definition) is 1. The van der Waals surface area contributed by atoms with E-state index in [1.165, 1.54) is 0 Å². The molecule has 4 rings (SSSR count). The molecule has 0 aliphatic rings. The molecule has 166 valence electrons. The molecule has 2 aromatic heterocycles. The topological polar surface area (TPSA) is 63.7 Å². The van der Waals surface area contributed by atoms with Crippen LogP contribution in [0.4, 0.5) is 0 Å². The molecular weight excluding hydrogens is 402 g/mol. The van der Waals surface area contributed by atoms with Crippen LogP contribution in [0.15, 0.2) is 77.4 Å². The summed E-state index contributed by atoms with van der Waals surface area (Å²) in [7, 11) is 1.90. The molecule has 0 unspecified atom stereocenters. The number of aliphatic hydroxyl groups is 1. The Balaban J connectivity index is 1.74. The van der Waals surface area contributed by atoms with Crippen molar-refractivity contribution in [3.8, 4) is 22.9 Å². The van der Waals surface area contributed by atoms with Crippen molar-refractivity contribution in [2.24, 2.45) is 7.05 Å². The molecule has 2 aromatic carbocycles. The van der Waals surface area contributed by atoms with Crippen molar-refractivity contribution < 1.29 is 14.3 Å². The second kappa shape index (κ2) is 9.85. The minimum absolute atomic E-state index is 0.483. The highest BCUT2D eigenvalue weighted by atomic mass is 16.5. The van der Waals surface area contributed by atoms with Gasteiger partial charge in [-0.1, -0.05) is 42.5 Å². The van der Waals surface area contributed by atoms with Crippen LogP contribution in [0.2, 0.25) is 0 Å². The predicted molar refractivity (Wildman–Crippen MR) is 124 cm³/mol. The summed E-state index contributed by atoms with van der Waals surface area (Å²) in [5.74, 6) is 2.29. The summed E-state index contributed by atoms with van der Waals surface area (Å²) in [5, 5.41) is 14.9. The summed E-state index contributed by atoms with van der Waals surface area (Å²) in [6.07, 6.45) is 1.18. The van der Waals surface area contributed by atoms with Crippen molar-refractivity contribution in [3.05, 3.63) is 89.9 Å².